The third-order valence-corrected chi connectivity index (χ3v) is 1.32. The van der Waals surface area contributed by atoms with Crippen molar-refractivity contribution in [3.8, 4) is 0 Å². The first kappa shape index (κ1) is 9.44. The summed E-state index contributed by atoms with van der Waals surface area (Å²) in [4.78, 5) is 18.1. The standard InChI is InChI=1S/C8H11N3O2/c1-5(2)11-8-9-3-6(4-10-8)7(12)13/h3-5H,1-2H3,(H,12,13)(H,9,10,11). The van der Waals surface area contributed by atoms with E-state index in [9.17, 15) is 4.79 Å². The largest absolute Gasteiger partial charge is 0.478 e. The Morgan fingerprint density at radius 2 is 2.00 bits per heavy atom. The molecular weight excluding hydrogens is 170 g/mol. The summed E-state index contributed by atoms with van der Waals surface area (Å²) >= 11 is 0. The second-order valence-corrected chi connectivity index (χ2v) is 2.90. The lowest BCUT2D eigenvalue weighted by molar-refractivity contribution is 0.0696. The monoisotopic (exact) mass is 181 g/mol. The Morgan fingerprint density at radius 1 is 1.46 bits per heavy atom. The lowest BCUT2D eigenvalue weighted by Gasteiger charge is -2.06. The minimum absolute atomic E-state index is 0.0920. The van der Waals surface area contributed by atoms with Crippen molar-refractivity contribution < 1.29 is 9.90 Å². The molecule has 1 aromatic heterocycles. The molecule has 0 atom stereocenters. The van der Waals surface area contributed by atoms with Crippen molar-refractivity contribution in [3.05, 3.63) is 18.0 Å². The van der Waals surface area contributed by atoms with Crippen molar-refractivity contribution in [1.82, 2.24) is 9.97 Å². The molecule has 1 heterocycles. The summed E-state index contributed by atoms with van der Waals surface area (Å²) in [5.74, 6) is -0.573. The van der Waals surface area contributed by atoms with E-state index < -0.39 is 5.97 Å². The minimum atomic E-state index is -1.02. The highest BCUT2D eigenvalue weighted by Crippen LogP contribution is 2.01. The average Bonchev–Trinajstić information content (AvgIpc) is 2.04. The van der Waals surface area contributed by atoms with Crippen LogP contribution in [0.5, 0.6) is 0 Å². The number of nitrogens with zero attached hydrogens (tertiary/aromatic N) is 2. The number of hydrogen-bond donors (Lipinski definition) is 2. The van der Waals surface area contributed by atoms with E-state index in [-0.39, 0.29) is 11.6 Å². The van der Waals surface area contributed by atoms with Crippen LogP contribution in [0.15, 0.2) is 12.4 Å². The van der Waals surface area contributed by atoms with Crippen molar-refractivity contribution in [3.63, 3.8) is 0 Å². The molecule has 0 spiro atoms. The molecule has 0 unspecified atom stereocenters. The van der Waals surface area contributed by atoms with Crippen LogP contribution >= 0.6 is 0 Å². The van der Waals surface area contributed by atoms with Gasteiger partial charge in [0.1, 0.15) is 0 Å². The highest BCUT2D eigenvalue weighted by molar-refractivity contribution is 5.86. The Labute approximate surface area is 75.8 Å². The van der Waals surface area contributed by atoms with Gasteiger partial charge in [-0.25, -0.2) is 14.8 Å². The number of carboxylic acids is 1. The van der Waals surface area contributed by atoms with Crippen LogP contribution in [0, 0.1) is 0 Å². The fourth-order valence-electron chi connectivity index (χ4n) is 0.771. The van der Waals surface area contributed by atoms with Crippen molar-refractivity contribution in [2.24, 2.45) is 0 Å². The van der Waals surface area contributed by atoms with Crippen molar-refractivity contribution in [1.29, 1.82) is 0 Å². The van der Waals surface area contributed by atoms with E-state index in [1.807, 2.05) is 13.8 Å². The number of nitrogens with one attached hydrogen (secondary N) is 1. The van der Waals surface area contributed by atoms with Crippen LogP contribution in [-0.2, 0) is 0 Å². The summed E-state index contributed by atoms with van der Waals surface area (Å²) in [6, 6.07) is 0.232. The molecule has 1 aromatic rings. The fourth-order valence-corrected chi connectivity index (χ4v) is 0.771. The lowest BCUT2D eigenvalue weighted by atomic mass is 10.3. The molecule has 0 saturated heterocycles. The Bertz CT molecular complexity index is 295. The van der Waals surface area contributed by atoms with E-state index in [4.69, 9.17) is 5.11 Å². The maximum Gasteiger partial charge on any atom is 0.338 e. The van der Waals surface area contributed by atoms with Crippen molar-refractivity contribution in [2.45, 2.75) is 19.9 Å². The molecule has 1 rings (SSSR count). The van der Waals surface area contributed by atoms with Gasteiger partial charge >= 0.3 is 5.97 Å². The second-order valence-electron chi connectivity index (χ2n) is 2.90. The SMILES string of the molecule is CC(C)Nc1ncc(C(=O)O)cn1. The molecule has 0 saturated carbocycles. The predicted molar refractivity (Wildman–Crippen MR) is 47.8 cm³/mol. The first-order valence-electron chi connectivity index (χ1n) is 3.91. The Kier molecular flexibility index (Phi) is 2.79. The van der Waals surface area contributed by atoms with Gasteiger partial charge in [0.2, 0.25) is 5.95 Å². The maximum atomic E-state index is 10.4. The van der Waals surface area contributed by atoms with Gasteiger partial charge < -0.3 is 10.4 Å². The molecule has 70 valence electrons. The van der Waals surface area contributed by atoms with Crippen LogP contribution in [0.25, 0.3) is 0 Å². The Balaban J connectivity index is 2.75. The van der Waals surface area contributed by atoms with Gasteiger partial charge in [-0.05, 0) is 13.8 Å². The molecule has 0 aliphatic heterocycles. The zero-order chi connectivity index (χ0) is 9.84. The first-order chi connectivity index (χ1) is 6.09. The molecule has 0 amide bonds. The average molecular weight is 181 g/mol. The van der Waals surface area contributed by atoms with E-state index in [0.717, 1.165) is 0 Å². The third-order valence-electron chi connectivity index (χ3n) is 1.32. The van der Waals surface area contributed by atoms with Gasteiger partial charge in [0.05, 0.1) is 5.56 Å². The van der Waals surface area contributed by atoms with E-state index >= 15 is 0 Å². The zero-order valence-corrected chi connectivity index (χ0v) is 7.48. The third kappa shape index (κ3) is 2.70. The van der Waals surface area contributed by atoms with Gasteiger partial charge in [-0.2, -0.15) is 0 Å². The smallest absolute Gasteiger partial charge is 0.338 e. The van der Waals surface area contributed by atoms with Crippen LogP contribution in [0.2, 0.25) is 0 Å². The lowest BCUT2D eigenvalue weighted by Crippen LogP contribution is -2.12. The zero-order valence-electron chi connectivity index (χ0n) is 7.48. The number of carbonyl (C=O) groups is 1. The topological polar surface area (TPSA) is 75.1 Å². The quantitative estimate of drug-likeness (QED) is 0.727. The summed E-state index contributed by atoms with van der Waals surface area (Å²) < 4.78 is 0. The van der Waals surface area contributed by atoms with Crippen LogP contribution < -0.4 is 5.32 Å². The molecule has 0 fully saturated rings. The summed E-state index contributed by atoms with van der Waals surface area (Å²) in [7, 11) is 0. The number of anilines is 1. The highest BCUT2D eigenvalue weighted by atomic mass is 16.4. The molecular formula is C8H11N3O2. The fraction of sp³-hybridized carbons (Fsp3) is 0.375. The van der Waals surface area contributed by atoms with Crippen LogP contribution in [0.4, 0.5) is 5.95 Å². The number of hydrogen-bond acceptors (Lipinski definition) is 4. The van der Waals surface area contributed by atoms with Gasteiger partial charge in [0.15, 0.2) is 0 Å². The Morgan fingerprint density at radius 3 is 2.38 bits per heavy atom. The molecule has 0 radical (unpaired) electrons. The van der Waals surface area contributed by atoms with Crippen LogP contribution in [0.3, 0.4) is 0 Å². The maximum absolute atomic E-state index is 10.4. The second kappa shape index (κ2) is 3.84. The van der Waals surface area contributed by atoms with Crippen molar-refractivity contribution >= 4 is 11.9 Å². The van der Waals surface area contributed by atoms with E-state index in [1.54, 1.807) is 0 Å². The highest BCUT2D eigenvalue weighted by Gasteiger charge is 2.04. The van der Waals surface area contributed by atoms with Gasteiger partial charge in [0.25, 0.3) is 0 Å². The molecule has 5 heteroatoms. The van der Waals surface area contributed by atoms with Crippen LogP contribution in [-0.4, -0.2) is 27.1 Å². The van der Waals surface area contributed by atoms with Gasteiger partial charge in [-0.1, -0.05) is 0 Å². The number of aromatic carboxylic acids is 1. The molecule has 13 heavy (non-hydrogen) atoms. The van der Waals surface area contributed by atoms with E-state index in [1.165, 1.54) is 12.4 Å². The normalized spacial score (nSPS) is 10.1. The molecule has 2 N–H and O–H groups in total. The summed E-state index contributed by atoms with van der Waals surface area (Å²) in [6.45, 7) is 3.91. The van der Waals surface area contributed by atoms with Gasteiger partial charge in [-0.15, -0.1) is 0 Å². The molecule has 0 bridgehead atoms. The Hall–Kier alpha value is -1.65. The van der Waals surface area contributed by atoms with E-state index in [2.05, 4.69) is 15.3 Å². The molecule has 0 aromatic carbocycles. The van der Waals surface area contributed by atoms with Crippen molar-refractivity contribution in [2.75, 3.05) is 5.32 Å². The molecule has 5 nitrogen and oxygen atoms in total. The number of carboxylic acid groups (broad SMARTS) is 1. The molecule has 0 aliphatic rings. The van der Waals surface area contributed by atoms with Gasteiger partial charge in [0, 0.05) is 18.4 Å². The van der Waals surface area contributed by atoms with Crippen LogP contribution in [0.1, 0.15) is 24.2 Å². The molecule has 0 aliphatic carbocycles. The number of rotatable bonds is 3. The first-order valence-corrected chi connectivity index (χ1v) is 3.91. The van der Waals surface area contributed by atoms with E-state index in [0.29, 0.717) is 5.95 Å². The van der Waals surface area contributed by atoms with Gasteiger partial charge in [-0.3, -0.25) is 0 Å². The summed E-state index contributed by atoms with van der Waals surface area (Å²) in [6.07, 6.45) is 2.56. The minimum Gasteiger partial charge on any atom is -0.478 e. The summed E-state index contributed by atoms with van der Waals surface area (Å²) in [5.41, 5.74) is 0.0920. The number of aromatic nitrogens is 2. The predicted octanol–water partition coefficient (Wildman–Crippen LogP) is 0.995. The summed E-state index contributed by atoms with van der Waals surface area (Å²) in [5, 5.41) is 11.5.